The van der Waals surface area contributed by atoms with Crippen molar-refractivity contribution in [2.75, 3.05) is 0 Å². The van der Waals surface area contributed by atoms with Crippen molar-refractivity contribution in [3.05, 3.63) is 71.0 Å². The molecule has 8 heteroatoms. The summed E-state index contributed by atoms with van der Waals surface area (Å²) in [6.45, 7) is 0.289. The topological polar surface area (TPSA) is 65.2 Å². The Hall–Kier alpha value is -2.84. The molecule has 0 aliphatic rings. The fraction of sp³-hybridized carbons (Fsp3) is 0.0526. The Morgan fingerprint density at radius 2 is 1.81 bits per heavy atom. The van der Waals surface area contributed by atoms with Crippen molar-refractivity contribution in [3.63, 3.8) is 0 Å². The highest BCUT2D eigenvalue weighted by Gasteiger charge is 2.14. The lowest BCUT2D eigenvalue weighted by atomic mass is 10.2. The summed E-state index contributed by atoms with van der Waals surface area (Å²) in [6, 6.07) is 19.7. The van der Waals surface area contributed by atoms with E-state index in [0.29, 0.717) is 5.82 Å². The molecule has 2 aromatic carbocycles. The van der Waals surface area contributed by atoms with E-state index < -0.39 is 0 Å². The summed E-state index contributed by atoms with van der Waals surface area (Å²) >= 11 is 4.87. The zero-order valence-corrected chi connectivity index (χ0v) is 16.3. The molecule has 0 aliphatic heterocycles. The molecule has 0 unspecified atom stereocenters. The summed E-state index contributed by atoms with van der Waals surface area (Å²) in [5.74, 6) is 1.41. The predicted molar refractivity (Wildman–Crippen MR) is 108 cm³/mol. The van der Waals surface area contributed by atoms with Crippen molar-refractivity contribution in [1.29, 1.82) is 0 Å². The molecule has 5 aromatic rings. The average Bonchev–Trinajstić information content (AvgIpc) is 3.28. The van der Waals surface area contributed by atoms with Crippen LogP contribution >= 0.6 is 27.3 Å². The zero-order chi connectivity index (χ0) is 18.2. The summed E-state index contributed by atoms with van der Waals surface area (Å²) in [7, 11) is 0. The number of rotatable bonds is 4. The van der Waals surface area contributed by atoms with Gasteiger partial charge in [-0.05, 0) is 36.4 Å². The van der Waals surface area contributed by atoms with Gasteiger partial charge in [0, 0.05) is 9.86 Å². The van der Waals surface area contributed by atoms with E-state index in [1.54, 1.807) is 4.52 Å². The first-order valence-corrected chi connectivity index (χ1v) is 9.83. The number of ether oxygens (including phenoxy) is 1. The summed E-state index contributed by atoms with van der Waals surface area (Å²) < 4.78 is 8.52. The highest BCUT2D eigenvalue weighted by Crippen LogP contribution is 2.26. The second-order valence-corrected chi connectivity index (χ2v) is 7.72. The number of halogens is 1. The quantitative estimate of drug-likeness (QED) is 0.406. The van der Waals surface area contributed by atoms with Crippen LogP contribution in [0, 0.1) is 0 Å². The molecule has 0 spiro atoms. The highest BCUT2D eigenvalue weighted by molar-refractivity contribution is 9.10. The fourth-order valence-corrected chi connectivity index (χ4v) is 3.81. The molecule has 0 aliphatic carbocycles. The number of fused-ring (bicyclic) bond motifs is 2. The fourth-order valence-electron chi connectivity index (χ4n) is 2.71. The van der Waals surface area contributed by atoms with Crippen LogP contribution in [0.5, 0.6) is 5.75 Å². The molecule has 0 bridgehead atoms. The largest absolute Gasteiger partial charge is 0.486 e. The zero-order valence-electron chi connectivity index (χ0n) is 13.9. The van der Waals surface area contributed by atoms with Crippen LogP contribution in [0.1, 0.15) is 5.82 Å². The van der Waals surface area contributed by atoms with Gasteiger partial charge in [-0.25, -0.2) is 4.98 Å². The third kappa shape index (κ3) is 3.17. The van der Waals surface area contributed by atoms with Crippen LogP contribution in [0.4, 0.5) is 0 Å². The smallest absolute Gasteiger partial charge is 0.235 e. The van der Waals surface area contributed by atoms with E-state index in [-0.39, 0.29) is 6.61 Å². The van der Waals surface area contributed by atoms with E-state index >= 15 is 0 Å². The second-order valence-electron chi connectivity index (χ2n) is 5.85. The van der Waals surface area contributed by atoms with Crippen LogP contribution in [-0.4, -0.2) is 24.8 Å². The van der Waals surface area contributed by atoms with Crippen LogP contribution < -0.4 is 4.74 Å². The summed E-state index contributed by atoms with van der Waals surface area (Å²) in [4.78, 5) is 5.42. The van der Waals surface area contributed by atoms with Gasteiger partial charge in [-0.1, -0.05) is 51.5 Å². The SMILES string of the molecule is Brc1ccc(OCc2nnc3sc(-c4ccc5ccccc5n4)nn23)cc1. The van der Waals surface area contributed by atoms with Crippen LogP contribution in [0.3, 0.4) is 0 Å². The molecule has 0 atom stereocenters. The Bertz CT molecular complexity index is 1250. The van der Waals surface area contributed by atoms with E-state index in [1.165, 1.54) is 11.3 Å². The summed E-state index contributed by atoms with van der Waals surface area (Å²) in [5.41, 5.74) is 1.77. The lowest BCUT2D eigenvalue weighted by Gasteiger charge is -2.03. The molecule has 3 heterocycles. The Morgan fingerprint density at radius 1 is 0.963 bits per heavy atom. The van der Waals surface area contributed by atoms with E-state index in [4.69, 9.17) is 9.72 Å². The number of para-hydroxylation sites is 1. The van der Waals surface area contributed by atoms with E-state index in [1.807, 2.05) is 54.6 Å². The maximum absolute atomic E-state index is 5.79. The number of hydrogen-bond donors (Lipinski definition) is 0. The van der Waals surface area contributed by atoms with Crippen molar-refractivity contribution in [2.45, 2.75) is 6.61 Å². The van der Waals surface area contributed by atoms with Crippen molar-refractivity contribution < 1.29 is 4.74 Å². The monoisotopic (exact) mass is 437 g/mol. The maximum atomic E-state index is 5.79. The number of pyridine rings is 1. The summed E-state index contributed by atoms with van der Waals surface area (Å²) in [5, 5.41) is 14.9. The van der Waals surface area contributed by atoms with Crippen molar-refractivity contribution in [3.8, 4) is 16.5 Å². The Morgan fingerprint density at radius 3 is 2.70 bits per heavy atom. The molecular weight excluding hydrogens is 426 g/mol. The van der Waals surface area contributed by atoms with Gasteiger partial charge in [0.1, 0.15) is 18.1 Å². The van der Waals surface area contributed by atoms with E-state index in [9.17, 15) is 0 Å². The number of benzene rings is 2. The third-order valence-electron chi connectivity index (χ3n) is 4.05. The van der Waals surface area contributed by atoms with Gasteiger partial charge in [-0.2, -0.15) is 9.61 Å². The van der Waals surface area contributed by atoms with Crippen LogP contribution in [0.15, 0.2) is 65.1 Å². The molecule has 0 radical (unpaired) electrons. The first-order chi connectivity index (χ1) is 13.3. The third-order valence-corrected chi connectivity index (χ3v) is 5.50. The molecule has 0 saturated carbocycles. The molecule has 3 aromatic heterocycles. The minimum Gasteiger partial charge on any atom is -0.486 e. The predicted octanol–water partition coefficient (Wildman–Crippen LogP) is 4.74. The first kappa shape index (κ1) is 16.3. The van der Waals surface area contributed by atoms with Gasteiger partial charge >= 0.3 is 0 Å². The highest BCUT2D eigenvalue weighted by atomic mass is 79.9. The number of hydrogen-bond acceptors (Lipinski definition) is 6. The molecule has 0 amide bonds. The van der Waals surface area contributed by atoms with E-state index in [2.05, 4.69) is 37.3 Å². The van der Waals surface area contributed by atoms with E-state index in [0.717, 1.165) is 36.8 Å². The first-order valence-electron chi connectivity index (χ1n) is 8.22. The Balaban J connectivity index is 1.44. The lowest BCUT2D eigenvalue weighted by Crippen LogP contribution is -2.02. The van der Waals surface area contributed by atoms with Gasteiger partial charge in [0.2, 0.25) is 4.96 Å². The molecule has 27 heavy (non-hydrogen) atoms. The molecule has 5 rings (SSSR count). The van der Waals surface area contributed by atoms with Crippen molar-refractivity contribution in [1.82, 2.24) is 24.8 Å². The molecule has 0 fully saturated rings. The van der Waals surface area contributed by atoms with Gasteiger partial charge in [0.25, 0.3) is 0 Å². The Kier molecular flexibility index (Phi) is 4.06. The molecule has 0 N–H and O–H groups in total. The molecular formula is C19H12BrN5OS. The van der Waals surface area contributed by atoms with Crippen molar-refractivity contribution in [2.24, 2.45) is 0 Å². The number of nitrogens with zero attached hydrogens (tertiary/aromatic N) is 5. The van der Waals surface area contributed by atoms with Crippen LogP contribution in [0.2, 0.25) is 0 Å². The molecule has 132 valence electrons. The minimum atomic E-state index is 0.289. The van der Waals surface area contributed by atoms with Gasteiger partial charge < -0.3 is 4.74 Å². The van der Waals surface area contributed by atoms with Gasteiger partial charge in [-0.15, -0.1) is 10.2 Å². The molecule has 0 saturated heterocycles. The molecule has 6 nitrogen and oxygen atoms in total. The van der Waals surface area contributed by atoms with Crippen LogP contribution in [0.25, 0.3) is 26.6 Å². The van der Waals surface area contributed by atoms with Crippen LogP contribution in [-0.2, 0) is 6.61 Å². The minimum absolute atomic E-state index is 0.289. The standard InChI is InChI=1S/C19H12BrN5OS/c20-13-6-8-14(9-7-13)26-11-17-22-23-19-25(17)24-18(27-19)16-10-5-12-3-1-2-4-15(12)21-16/h1-10H,11H2. The number of aromatic nitrogens is 5. The maximum Gasteiger partial charge on any atom is 0.235 e. The van der Waals surface area contributed by atoms with Gasteiger partial charge in [-0.3, -0.25) is 0 Å². The lowest BCUT2D eigenvalue weighted by molar-refractivity contribution is 0.293. The Labute approximate surface area is 166 Å². The normalized spacial score (nSPS) is 11.3. The van der Waals surface area contributed by atoms with Gasteiger partial charge in [0.15, 0.2) is 10.8 Å². The second kappa shape index (κ2) is 6.71. The summed E-state index contributed by atoms with van der Waals surface area (Å²) in [6.07, 6.45) is 0. The average molecular weight is 438 g/mol. The van der Waals surface area contributed by atoms with Gasteiger partial charge in [0.05, 0.1) is 5.52 Å². The van der Waals surface area contributed by atoms with Crippen molar-refractivity contribution >= 4 is 43.1 Å².